The molecule has 4 nitrogen and oxygen atoms in total. The number of carbonyl (C=O) groups is 2. The number of imide groups is 1. The minimum absolute atomic E-state index is 0.0115. The molecule has 2 amide bonds. The van der Waals surface area contributed by atoms with Gasteiger partial charge in [-0.25, -0.2) is 4.90 Å². The molecule has 0 saturated heterocycles. The largest absolute Gasteiger partial charge is 0.416 e. The van der Waals surface area contributed by atoms with E-state index in [1.165, 1.54) is 12.1 Å². The number of nitrogens with one attached hydrogen (secondary N) is 1. The molecule has 0 saturated carbocycles. The van der Waals surface area contributed by atoms with Crippen molar-refractivity contribution in [3.05, 3.63) is 101 Å². The van der Waals surface area contributed by atoms with E-state index in [9.17, 15) is 22.8 Å². The van der Waals surface area contributed by atoms with Crippen molar-refractivity contribution < 1.29 is 22.8 Å². The van der Waals surface area contributed by atoms with Gasteiger partial charge in [-0.2, -0.15) is 13.2 Å². The molecule has 0 fully saturated rings. The maximum absolute atomic E-state index is 13.3. The zero-order chi connectivity index (χ0) is 22.2. The summed E-state index contributed by atoms with van der Waals surface area (Å²) in [6.07, 6.45) is -4.60. The Labute approximate surface area is 176 Å². The quantitative estimate of drug-likeness (QED) is 0.572. The molecule has 0 aliphatic carbocycles. The maximum atomic E-state index is 13.3. The third-order valence-electron chi connectivity index (χ3n) is 4.90. The van der Waals surface area contributed by atoms with Gasteiger partial charge in [0.05, 0.1) is 16.8 Å². The molecule has 0 aromatic heterocycles. The topological polar surface area (TPSA) is 49.4 Å². The van der Waals surface area contributed by atoms with Gasteiger partial charge in [0.1, 0.15) is 5.70 Å². The van der Waals surface area contributed by atoms with Crippen LogP contribution in [-0.2, 0) is 15.8 Å². The molecule has 3 aromatic carbocycles. The van der Waals surface area contributed by atoms with Crippen molar-refractivity contribution in [3.63, 3.8) is 0 Å². The van der Waals surface area contributed by atoms with Gasteiger partial charge in [0, 0.05) is 5.69 Å². The molecule has 4 rings (SSSR count). The van der Waals surface area contributed by atoms with E-state index in [0.29, 0.717) is 11.3 Å². The molecule has 1 aliphatic heterocycles. The van der Waals surface area contributed by atoms with E-state index in [-0.39, 0.29) is 17.0 Å². The van der Waals surface area contributed by atoms with Crippen LogP contribution in [0, 0.1) is 6.92 Å². The Morgan fingerprint density at radius 3 is 2.13 bits per heavy atom. The van der Waals surface area contributed by atoms with Gasteiger partial charge in [-0.3, -0.25) is 9.59 Å². The lowest BCUT2D eigenvalue weighted by atomic mass is 10.0. The van der Waals surface area contributed by atoms with Gasteiger partial charge in [0.15, 0.2) is 0 Å². The molecule has 0 radical (unpaired) electrons. The number of aryl methyl sites for hydroxylation is 1. The van der Waals surface area contributed by atoms with E-state index in [4.69, 9.17) is 0 Å². The number of rotatable bonds is 4. The molecule has 0 bridgehead atoms. The number of alkyl halides is 3. The second-order valence-electron chi connectivity index (χ2n) is 7.10. The van der Waals surface area contributed by atoms with E-state index >= 15 is 0 Å². The van der Waals surface area contributed by atoms with E-state index in [2.05, 4.69) is 5.32 Å². The standard InChI is InChI=1S/C24H17F3N2O2/c1-15-10-12-16(13-11-15)20-21(28-18-7-3-2-4-8-18)23(31)29(22(20)30)19-9-5-6-17(14-19)24(25,26)27/h2-14,28H,1H3. The Morgan fingerprint density at radius 1 is 0.806 bits per heavy atom. The van der Waals surface area contributed by atoms with Crippen LogP contribution in [0.25, 0.3) is 5.57 Å². The molecular weight excluding hydrogens is 405 g/mol. The summed E-state index contributed by atoms with van der Waals surface area (Å²) in [5, 5.41) is 2.97. The van der Waals surface area contributed by atoms with Crippen LogP contribution in [0.3, 0.4) is 0 Å². The lowest BCUT2D eigenvalue weighted by Crippen LogP contribution is -2.32. The van der Waals surface area contributed by atoms with Gasteiger partial charge in [-0.05, 0) is 42.8 Å². The molecule has 3 aromatic rings. The summed E-state index contributed by atoms with van der Waals surface area (Å²) in [6.45, 7) is 1.89. The smallest absolute Gasteiger partial charge is 0.350 e. The predicted molar refractivity (Wildman–Crippen MR) is 112 cm³/mol. The van der Waals surface area contributed by atoms with Crippen molar-refractivity contribution in [1.29, 1.82) is 0 Å². The van der Waals surface area contributed by atoms with Crippen molar-refractivity contribution in [2.75, 3.05) is 10.2 Å². The van der Waals surface area contributed by atoms with Crippen molar-refractivity contribution in [1.82, 2.24) is 0 Å². The first-order valence-corrected chi connectivity index (χ1v) is 9.45. The molecule has 1 aliphatic rings. The highest BCUT2D eigenvalue weighted by atomic mass is 19.4. The second kappa shape index (κ2) is 7.75. The molecular formula is C24H17F3N2O2. The number of benzene rings is 3. The first kappa shape index (κ1) is 20.4. The van der Waals surface area contributed by atoms with Crippen molar-refractivity contribution in [2.45, 2.75) is 13.1 Å². The molecule has 31 heavy (non-hydrogen) atoms. The van der Waals surface area contributed by atoms with Gasteiger partial charge >= 0.3 is 6.18 Å². The Bertz CT molecular complexity index is 1180. The second-order valence-corrected chi connectivity index (χ2v) is 7.10. The number of para-hydroxylation sites is 1. The summed E-state index contributed by atoms with van der Waals surface area (Å²) >= 11 is 0. The van der Waals surface area contributed by atoms with Gasteiger partial charge in [-0.15, -0.1) is 0 Å². The summed E-state index contributed by atoms with van der Waals surface area (Å²) in [4.78, 5) is 27.3. The summed E-state index contributed by atoms with van der Waals surface area (Å²) in [5.41, 5.74) is 1.08. The fourth-order valence-corrected chi connectivity index (χ4v) is 3.36. The Hall–Kier alpha value is -3.87. The van der Waals surface area contributed by atoms with Crippen LogP contribution in [0.4, 0.5) is 24.5 Å². The zero-order valence-electron chi connectivity index (χ0n) is 16.4. The van der Waals surface area contributed by atoms with Crippen molar-refractivity contribution in [2.24, 2.45) is 0 Å². The van der Waals surface area contributed by atoms with E-state index in [1.807, 2.05) is 6.92 Å². The third-order valence-corrected chi connectivity index (χ3v) is 4.90. The highest BCUT2D eigenvalue weighted by Crippen LogP contribution is 2.36. The number of hydrogen-bond acceptors (Lipinski definition) is 3. The van der Waals surface area contributed by atoms with Crippen LogP contribution in [0.5, 0.6) is 0 Å². The molecule has 1 N–H and O–H groups in total. The summed E-state index contributed by atoms with van der Waals surface area (Å²) in [7, 11) is 0. The van der Waals surface area contributed by atoms with Crippen LogP contribution in [0.2, 0.25) is 0 Å². The molecule has 0 unspecified atom stereocenters. The van der Waals surface area contributed by atoms with Crippen molar-refractivity contribution in [3.8, 4) is 0 Å². The summed E-state index contributed by atoms with van der Waals surface area (Å²) < 4.78 is 39.5. The molecule has 156 valence electrons. The number of hydrogen-bond donors (Lipinski definition) is 1. The summed E-state index contributed by atoms with van der Waals surface area (Å²) in [5.74, 6) is -1.41. The molecule has 0 spiro atoms. The monoisotopic (exact) mass is 422 g/mol. The van der Waals surface area contributed by atoms with E-state index in [1.54, 1.807) is 54.6 Å². The number of amides is 2. The first-order valence-electron chi connectivity index (χ1n) is 9.45. The average molecular weight is 422 g/mol. The SMILES string of the molecule is Cc1ccc(C2=C(Nc3ccccc3)C(=O)N(c3cccc(C(F)(F)F)c3)C2=O)cc1. The van der Waals surface area contributed by atoms with E-state index < -0.39 is 23.6 Å². The van der Waals surface area contributed by atoms with Gasteiger partial charge in [0.25, 0.3) is 11.8 Å². The van der Waals surface area contributed by atoms with E-state index in [0.717, 1.165) is 22.6 Å². The number of anilines is 2. The number of nitrogens with zero attached hydrogens (tertiary/aromatic N) is 1. The number of carbonyl (C=O) groups excluding carboxylic acids is 2. The minimum Gasteiger partial charge on any atom is -0.350 e. The molecule has 7 heteroatoms. The highest BCUT2D eigenvalue weighted by Gasteiger charge is 2.41. The minimum atomic E-state index is -4.60. The highest BCUT2D eigenvalue weighted by molar-refractivity contribution is 6.46. The normalized spacial score (nSPS) is 14.4. The van der Waals surface area contributed by atoms with Crippen molar-refractivity contribution >= 4 is 28.8 Å². The molecule has 1 heterocycles. The third kappa shape index (κ3) is 3.94. The van der Waals surface area contributed by atoms with Crippen LogP contribution in [-0.4, -0.2) is 11.8 Å². The Kier molecular flexibility index (Phi) is 5.10. The van der Waals surface area contributed by atoms with Gasteiger partial charge < -0.3 is 5.32 Å². The lowest BCUT2D eigenvalue weighted by molar-refractivity contribution is -0.137. The zero-order valence-corrected chi connectivity index (χ0v) is 16.4. The maximum Gasteiger partial charge on any atom is 0.416 e. The predicted octanol–water partition coefficient (Wildman–Crippen LogP) is 5.41. The van der Waals surface area contributed by atoms with Crippen LogP contribution >= 0.6 is 0 Å². The number of halogens is 3. The molecule has 0 atom stereocenters. The van der Waals surface area contributed by atoms with Crippen LogP contribution in [0.15, 0.2) is 84.6 Å². The Morgan fingerprint density at radius 2 is 1.48 bits per heavy atom. The fourth-order valence-electron chi connectivity index (χ4n) is 3.36. The average Bonchev–Trinajstić information content (AvgIpc) is 2.98. The van der Waals surface area contributed by atoms with Gasteiger partial charge in [0.2, 0.25) is 0 Å². The first-order chi connectivity index (χ1) is 14.8. The summed E-state index contributed by atoms with van der Waals surface area (Å²) in [6, 6.07) is 20.0. The van der Waals surface area contributed by atoms with Crippen LogP contribution in [0.1, 0.15) is 16.7 Å². The Balaban J connectivity index is 1.81. The lowest BCUT2D eigenvalue weighted by Gasteiger charge is -2.17. The fraction of sp³-hybridized carbons (Fsp3) is 0.0833. The van der Waals surface area contributed by atoms with Gasteiger partial charge in [-0.1, -0.05) is 54.1 Å². The van der Waals surface area contributed by atoms with Crippen LogP contribution < -0.4 is 10.2 Å².